The Morgan fingerprint density at radius 1 is 0.833 bits per heavy atom. The van der Waals surface area contributed by atoms with Gasteiger partial charge >= 0.3 is 0 Å². The van der Waals surface area contributed by atoms with Crippen molar-refractivity contribution in [2.75, 3.05) is 0 Å². The Bertz CT molecular complexity index is 762. The van der Waals surface area contributed by atoms with Crippen molar-refractivity contribution >= 4 is 16.5 Å². The third-order valence-electron chi connectivity index (χ3n) is 3.71. The maximum atomic E-state index is 3.36. The molecule has 1 heterocycles. The van der Waals surface area contributed by atoms with E-state index in [0.29, 0.717) is 0 Å². The molecule has 0 spiro atoms. The number of rotatable bonds is 1. The van der Waals surface area contributed by atoms with E-state index >= 15 is 0 Å². The zero-order chi connectivity index (χ0) is 11.9. The summed E-state index contributed by atoms with van der Waals surface area (Å²) in [7, 11) is 0. The van der Waals surface area contributed by atoms with Crippen molar-refractivity contribution in [3.63, 3.8) is 0 Å². The first kappa shape index (κ1) is 9.72. The number of H-pyrrole nitrogens is 1. The molecule has 1 N–H and O–H groups in total. The third-order valence-corrected chi connectivity index (χ3v) is 3.71. The topological polar surface area (TPSA) is 15.8 Å². The molecular formula is C17H13N. The Kier molecular flexibility index (Phi) is 1.95. The molecule has 3 aromatic rings. The third kappa shape index (κ3) is 1.28. The summed E-state index contributed by atoms with van der Waals surface area (Å²) in [4.78, 5) is 3.36. The van der Waals surface area contributed by atoms with Crippen molar-refractivity contribution in [1.29, 1.82) is 0 Å². The summed E-state index contributed by atoms with van der Waals surface area (Å²) < 4.78 is 0. The average molecular weight is 231 g/mol. The Morgan fingerprint density at radius 3 is 2.67 bits per heavy atom. The predicted octanol–water partition coefficient (Wildman–Crippen LogP) is 4.16. The quantitative estimate of drug-likeness (QED) is 0.647. The number of hydrogen-bond acceptors (Lipinski definition) is 0. The van der Waals surface area contributed by atoms with Gasteiger partial charge in [-0.15, -0.1) is 0 Å². The molecule has 4 rings (SSSR count). The van der Waals surface area contributed by atoms with Crippen LogP contribution < -0.4 is 0 Å². The number of para-hydroxylation sites is 1. The summed E-state index contributed by atoms with van der Waals surface area (Å²) in [6.45, 7) is 0. The van der Waals surface area contributed by atoms with E-state index in [0.717, 1.165) is 6.42 Å². The highest BCUT2D eigenvalue weighted by Gasteiger charge is 2.17. The Hall–Kier alpha value is -2.28. The lowest BCUT2D eigenvalue weighted by Crippen LogP contribution is -1.85. The molecule has 0 amide bonds. The molecule has 0 saturated carbocycles. The van der Waals surface area contributed by atoms with E-state index in [1.54, 1.807) is 0 Å². The van der Waals surface area contributed by atoms with Gasteiger partial charge in [-0.1, -0.05) is 48.5 Å². The summed E-state index contributed by atoms with van der Waals surface area (Å²) in [6.07, 6.45) is 5.50. The lowest BCUT2D eigenvalue weighted by Gasteiger charge is -2.04. The zero-order valence-electron chi connectivity index (χ0n) is 9.98. The molecule has 0 bridgehead atoms. The zero-order valence-corrected chi connectivity index (χ0v) is 9.98. The smallest absolute Gasteiger partial charge is 0.0460 e. The second-order valence-corrected chi connectivity index (χ2v) is 4.73. The largest absolute Gasteiger partial charge is 0.361 e. The lowest BCUT2D eigenvalue weighted by molar-refractivity contribution is 1.31. The molecular weight excluding hydrogens is 218 g/mol. The average Bonchev–Trinajstić information content (AvgIpc) is 3.01. The standard InChI is InChI=1S/C17H13N/c1-2-6-13-12(5-1)9-10-14(13)16-11-18-17-8-4-3-7-15(16)17/h1-8,10-11,18H,9H2. The van der Waals surface area contributed by atoms with Crippen LogP contribution in [0.15, 0.2) is 60.8 Å². The summed E-state index contributed by atoms with van der Waals surface area (Å²) in [5, 5.41) is 1.31. The maximum absolute atomic E-state index is 3.36. The summed E-state index contributed by atoms with van der Waals surface area (Å²) in [6, 6.07) is 17.1. The number of aromatic amines is 1. The second kappa shape index (κ2) is 3.61. The molecule has 86 valence electrons. The van der Waals surface area contributed by atoms with Gasteiger partial charge in [0.2, 0.25) is 0 Å². The van der Waals surface area contributed by atoms with Gasteiger partial charge in [0.1, 0.15) is 0 Å². The minimum Gasteiger partial charge on any atom is -0.361 e. The molecule has 1 aromatic heterocycles. The van der Waals surface area contributed by atoms with Gasteiger partial charge in [0.15, 0.2) is 0 Å². The van der Waals surface area contributed by atoms with Crippen molar-refractivity contribution in [3.8, 4) is 0 Å². The Morgan fingerprint density at radius 2 is 1.67 bits per heavy atom. The maximum Gasteiger partial charge on any atom is 0.0460 e. The number of benzene rings is 2. The molecule has 0 atom stereocenters. The van der Waals surface area contributed by atoms with E-state index < -0.39 is 0 Å². The van der Waals surface area contributed by atoms with Gasteiger partial charge in [-0.25, -0.2) is 0 Å². The highest BCUT2D eigenvalue weighted by atomic mass is 14.7. The van der Waals surface area contributed by atoms with Gasteiger partial charge in [0.05, 0.1) is 0 Å². The predicted molar refractivity (Wildman–Crippen MR) is 75.5 cm³/mol. The highest BCUT2D eigenvalue weighted by Crippen LogP contribution is 2.35. The SMILES string of the molecule is C1=C(c2c[nH]c3ccccc23)c2ccccc2C1. The Balaban J connectivity index is 1.95. The van der Waals surface area contributed by atoms with Crippen molar-refractivity contribution in [3.05, 3.63) is 77.5 Å². The van der Waals surface area contributed by atoms with Gasteiger partial charge in [0, 0.05) is 22.7 Å². The molecule has 1 heteroatoms. The molecule has 0 radical (unpaired) electrons. The van der Waals surface area contributed by atoms with Crippen LogP contribution in [-0.2, 0) is 6.42 Å². The van der Waals surface area contributed by atoms with Crippen LogP contribution in [0.5, 0.6) is 0 Å². The van der Waals surface area contributed by atoms with Crippen LogP contribution in [-0.4, -0.2) is 4.98 Å². The van der Waals surface area contributed by atoms with E-state index in [1.807, 2.05) is 0 Å². The number of allylic oxidation sites excluding steroid dienone is 1. The molecule has 0 aliphatic heterocycles. The van der Waals surface area contributed by atoms with E-state index in [-0.39, 0.29) is 0 Å². The van der Waals surface area contributed by atoms with Crippen LogP contribution in [0.3, 0.4) is 0 Å². The lowest BCUT2D eigenvalue weighted by atomic mass is 9.99. The Labute approximate surface area is 106 Å². The molecule has 1 nitrogen and oxygen atoms in total. The molecule has 1 aliphatic carbocycles. The number of fused-ring (bicyclic) bond motifs is 2. The van der Waals surface area contributed by atoms with Crippen LogP contribution >= 0.6 is 0 Å². The normalized spacial score (nSPS) is 13.7. The fourth-order valence-electron chi connectivity index (χ4n) is 2.83. The van der Waals surface area contributed by atoms with Crippen LogP contribution in [0.25, 0.3) is 16.5 Å². The van der Waals surface area contributed by atoms with Gasteiger partial charge in [-0.05, 0) is 29.2 Å². The summed E-state index contributed by atoms with van der Waals surface area (Å²) in [5.41, 5.74) is 6.69. The molecule has 0 fully saturated rings. The molecule has 0 unspecified atom stereocenters. The van der Waals surface area contributed by atoms with Crippen LogP contribution in [0, 0.1) is 0 Å². The second-order valence-electron chi connectivity index (χ2n) is 4.73. The number of hydrogen-bond donors (Lipinski definition) is 1. The molecule has 0 saturated heterocycles. The fraction of sp³-hybridized carbons (Fsp3) is 0.0588. The van der Waals surface area contributed by atoms with Crippen molar-refractivity contribution in [2.24, 2.45) is 0 Å². The molecule has 18 heavy (non-hydrogen) atoms. The van der Waals surface area contributed by atoms with Crippen LogP contribution in [0.2, 0.25) is 0 Å². The van der Waals surface area contributed by atoms with E-state index in [4.69, 9.17) is 0 Å². The van der Waals surface area contributed by atoms with Gasteiger partial charge < -0.3 is 4.98 Å². The van der Waals surface area contributed by atoms with E-state index in [9.17, 15) is 0 Å². The fourth-order valence-corrected chi connectivity index (χ4v) is 2.83. The minimum atomic E-state index is 1.05. The first-order valence-electron chi connectivity index (χ1n) is 6.28. The van der Waals surface area contributed by atoms with Crippen molar-refractivity contribution in [2.45, 2.75) is 6.42 Å². The van der Waals surface area contributed by atoms with E-state index in [1.165, 1.54) is 33.2 Å². The van der Waals surface area contributed by atoms with Crippen molar-refractivity contribution < 1.29 is 0 Å². The first-order chi connectivity index (χ1) is 8.93. The van der Waals surface area contributed by atoms with Gasteiger partial charge in [-0.2, -0.15) is 0 Å². The monoisotopic (exact) mass is 231 g/mol. The molecule has 2 aromatic carbocycles. The summed E-state index contributed by atoms with van der Waals surface area (Å²) >= 11 is 0. The van der Waals surface area contributed by atoms with Gasteiger partial charge in [0.25, 0.3) is 0 Å². The van der Waals surface area contributed by atoms with Crippen LogP contribution in [0.4, 0.5) is 0 Å². The number of aromatic nitrogens is 1. The van der Waals surface area contributed by atoms with Crippen LogP contribution in [0.1, 0.15) is 16.7 Å². The van der Waals surface area contributed by atoms with E-state index in [2.05, 4.69) is 65.8 Å². The van der Waals surface area contributed by atoms with Gasteiger partial charge in [-0.3, -0.25) is 0 Å². The van der Waals surface area contributed by atoms with Crippen molar-refractivity contribution in [1.82, 2.24) is 4.98 Å². The minimum absolute atomic E-state index is 1.05. The molecule has 1 aliphatic rings. The first-order valence-corrected chi connectivity index (χ1v) is 6.28. The highest BCUT2D eigenvalue weighted by molar-refractivity contribution is 5.98. The number of nitrogens with one attached hydrogen (secondary N) is 1. The summed E-state index contributed by atoms with van der Waals surface area (Å²) in [5.74, 6) is 0.